The zero-order valence-electron chi connectivity index (χ0n) is 13.6. The van der Waals surface area contributed by atoms with E-state index in [4.69, 9.17) is 17.0 Å². The van der Waals surface area contributed by atoms with Gasteiger partial charge in [-0.1, -0.05) is 89.8 Å². The zero-order chi connectivity index (χ0) is 14.9. The summed E-state index contributed by atoms with van der Waals surface area (Å²) in [6.45, 7) is 5.33. The number of thiocarbonyl (C=S) groups is 1. The molecule has 0 heterocycles. The maximum atomic E-state index is 5.59. The molecule has 0 fully saturated rings. The Kier molecular flexibility index (Phi) is 17.5. The Morgan fingerprint density at radius 3 is 1.85 bits per heavy atom. The molecule has 0 bridgehead atoms. The summed E-state index contributed by atoms with van der Waals surface area (Å²) in [5, 5.41) is 0. The molecule has 0 unspecified atom stereocenters. The number of hydrogen-bond donors (Lipinski definition) is 0. The van der Waals surface area contributed by atoms with E-state index in [0.29, 0.717) is 0 Å². The molecule has 0 aromatic carbocycles. The van der Waals surface area contributed by atoms with Gasteiger partial charge in [-0.15, -0.1) is 0 Å². The first-order chi connectivity index (χ1) is 9.81. The predicted octanol–water partition coefficient (Wildman–Crippen LogP) is 6.74. The average molecular weight is 319 g/mol. The van der Waals surface area contributed by atoms with E-state index in [-0.39, 0.29) is 0 Å². The predicted molar refractivity (Wildman–Crippen MR) is 97.8 cm³/mol. The van der Waals surface area contributed by atoms with Gasteiger partial charge in [0.1, 0.15) is 0 Å². The Labute approximate surface area is 136 Å². The molecule has 0 aromatic heterocycles. The van der Waals surface area contributed by atoms with Crippen molar-refractivity contribution in [2.24, 2.45) is 0 Å². The van der Waals surface area contributed by atoms with Crippen molar-refractivity contribution in [2.45, 2.75) is 90.9 Å². The van der Waals surface area contributed by atoms with Crippen molar-refractivity contribution in [3.05, 3.63) is 0 Å². The minimum atomic E-state index is 0.757. The van der Waals surface area contributed by atoms with Gasteiger partial charge in [-0.05, 0) is 25.1 Å². The van der Waals surface area contributed by atoms with Crippen LogP contribution in [0.25, 0.3) is 0 Å². The molecule has 0 aliphatic heterocycles. The molecule has 0 saturated heterocycles. The number of thioether (sulfide) groups is 1. The molecule has 0 aromatic rings. The fraction of sp³-hybridized carbons (Fsp3) is 0.941. The molecule has 0 saturated carbocycles. The van der Waals surface area contributed by atoms with Crippen LogP contribution in [-0.4, -0.2) is 16.7 Å². The molecule has 3 heteroatoms. The van der Waals surface area contributed by atoms with Gasteiger partial charge in [0.15, 0.2) is 0 Å². The second-order valence-electron chi connectivity index (χ2n) is 5.48. The summed E-state index contributed by atoms with van der Waals surface area (Å²) in [5.74, 6) is 1.13. The summed E-state index contributed by atoms with van der Waals surface area (Å²) in [5.41, 5.74) is 0. The summed E-state index contributed by atoms with van der Waals surface area (Å²) in [6, 6.07) is 0. The van der Waals surface area contributed by atoms with Crippen molar-refractivity contribution in [1.82, 2.24) is 0 Å². The highest BCUT2D eigenvalue weighted by molar-refractivity contribution is 8.22. The molecular weight excluding hydrogens is 284 g/mol. The molecular formula is C17H34OS2. The lowest BCUT2D eigenvalue weighted by Gasteiger charge is -2.07. The lowest BCUT2D eigenvalue weighted by molar-refractivity contribution is 0.308. The highest BCUT2D eigenvalue weighted by Crippen LogP contribution is 2.13. The standard InChI is InChI=1S/C17H34OS2/c1-3-5-7-9-11-13-15-18-17(19)20-16-14-12-10-8-6-4-2/h3-16H2,1-2H3. The molecule has 0 aliphatic carbocycles. The minimum Gasteiger partial charge on any atom is -0.479 e. The van der Waals surface area contributed by atoms with Crippen LogP contribution in [0.1, 0.15) is 90.9 Å². The summed E-state index contributed by atoms with van der Waals surface area (Å²) in [4.78, 5) is 0. The Bertz CT molecular complexity index is 187. The van der Waals surface area contributed by atoms with Gasteiger partial charge in [0, 0.05) is 5.75 Å². The van der Waals surface area contributed by atoms with Gasteiger partial charge in [0.05, 0.1) is 6.61 Å². The zero-order valence-corrected chi connectivity index (χ0v) is 15.3. The van der Waals surface area contributed by atoms with Crippen LogP contribution in [0.4, 0.5) is 0 Å². The largest absolute Gasteiger partial charge is 0.479 e. The van der Waals surface area contributed by atoms with Gasteiger partial charge in [0.2, 0.25) is 4.38 Å². The number of hydrogen-bond acceptors (Lipinski definition) is 3. The Morgan fingerprint density at radius 1 is 0.750 bits per heavy atom. The fourth-order valence-electron chi connectivity index (χ4n) is 2.12. The van der Waals surface area contributed by atoms with Gasteiger partial charge < -0.3 is 4.74 Å². The summed E-state index contributed by atoms with van der Waals surface area (Å²) >= 11 is 6.96. The number of unbranched alkanes of at least 4 members (excludes halogenated alkanes) is 10. The quantitative estimate of drug-likeness (QED) is 0.259. The van der Waals surface area contributed by atoms with Gasteiger partial charge in [-0.3, -0.25) is 0 Å². The lowest BCUT2D eigenvalue weighted by Crippen LogP contribution is -2.00. The molecule has 1 nitrogen and oxygen atoms in total. The van der Waals surface area contributed by atoms with E-state index in [2.05, 4.69) is 13.8 Å². The molecule has 0 atom stereocenters. The average Bonchev–Trinajstić information content (AvgIpc) is 2.45. The molecule has 0 radical (unpaired) electrons. The monoisotopic (exact) mass is 318 g/mol. The summed E-state index contributed by atoms with van der Waals surface area (Å²) < 4.78 is 6.34. The van der Waals surface area contributed by atoms with E-state index in [0.717, 1.165) is 23.2 Å². The van der Waals surface area contributed by atoms with Crippen molar-refractivity contribution in [2.75, 3.05) is 12.4 Å². The maximum Gasteiger partial charge on any atom is 0.219 e. The van der Waals surface area contributed by atoms with Crippen molar-refractivity contribution in [3.8, 4) is 0 Å². The van der Waals surface area contributed by atoms with Crippen LogP contribution in [-0.2, 0) is 4.74 Å². The van der Waals surface area contributed by atoms with Gasteiger partial charge in [-0.2, -0.15) is 0 Å². The lowest BCUT2D eigenvalue weighted by atomic mass is 10.1. The molecule has 0 aliphatic rings. The molecule has 0 amide bonds. The van der Waals surface area contributed by atoms with E-state index in [1.165, 1.54) is 70.6 Å². The SMILES string of the molecule is CCCCCCCCOC(=S)SCCCCCCCC. The number of rotatable bonds is 14. The number of ether oxygens (including phenoxy) is 1. The Balaban J connectivity index is 3.13. The molecule has 120 valence electrons. The van der Waals surface area contributed by atoms with Crippen LogP contribution in [0.5, 0.6) is 0 Å². The first kappa shape index (κ1) is 20.2. The van der Waals surface area contributed by atoms with Crippen LogP contribution in [0.15, 0.2) is 0 Å². The van der Waals surface area contributed by atoms with Crippen molar-refractivity contribution in [3.63, 3.8) is 0 Å². The fourth-order valence-corrected chi connectivity index (χ4v) is 3.13. The minimum absolute atomic E-state index is 0.757. The van der Waals surface area contributed by atoms with Crippen molar-refractivity contribution in [1.29, 1.82) is 0 Å². The summed E-state index contributed by atoms with van der Waals surface area (Å²) in [6.07, 6.45) is 15.9. The van der Waals surface area contributed by atoms with E-state index < -0.39 is 0 Å². The van der Waals surface area contributed by atoms with Crippen molar-refractivity contribution < 1.29 is 4.74 Å². The van der Waals surface area contributed by atoms with Crippen LogP contribution >= 0.6 is 24.0 Å². The highest BCUT2D eigenvalue weighted by Gasteiger charge is 1.99. The van der Waals surface area contributed by atoms with Crippen LogP contribution in [0.3, 0.4) is 0 Å². The second-order valence-corrected chi connectivity index (χ2v) is 7.18. The van der Waals surface area contributed by atoms with Crippen molar-refractivity contribution >= 4 is 28.4 Å². The van der Waals surface area contributed by atoms with Crippen LogP contribution in [0, 0.1) is 0 Å². The smallest absolute Gasteiger partial charge is 0.219 e. The third kappa shape index (κ3) is 16.3. The normalized spacial score (nSPS) is 10.7. The van der Waals surface area contributed by atoms with E-state index >= 15 is 0 Å². The first-order valence-electron chi connectivity index (χ1n) is 8.60. The Hall–Kier alpha value is 0.240. The van der Waals surface area contributed by atoms with Crippen LogP contribution < -0.4 is 0 Å². The third-order valence-electron chi connectivity index (χ3n) is 3.44. The maximum absolute atomic E-state index is 5.59. The molecule has 0 rings (SSSR count). The molecule has 20 heavy (non-hydrogen) atoms. The molecule has 0 spiro atoms. The van der Waals surface area contributed by atoms with E-state index in [1.807, 2.05) is 0 Å². The van der Waals surface area contributed by atoms with Gasteiger partial charge in [-0.25, -0.2) is 0 Å². The second kappa shape index (κ2) is 17.3. The van der Waals surface area contributed by atoms with Crippen LogP contribution in [0.2, 0.25) is 0 Å². The molecule has 0 N–H and O–H groups in total. The first-order valence-corrected chi connectivity index (χ1v) is 10.00. The summed E-state index contributed by atoms with van der Waals surface area (Å²) in [7, 11) is 0. The highest BCUT2D eigenvalue weighted by atomic mass is 32.2. The van der Waals surface area contributed by atoms with E-state index in [1.54, 1.807) is 11.8 Å². The third-order valence-corrected chi connectivity index (χ3v) is 4.75. The topological polar surface area (TPSA) is 9.23 Å². The van der Waals surface area contributed by atoms with Gasteiger partial charge >= 0.3 is 0 Å². The van der Waals surface area contributed by atoms with Gasteiger partial charge in [0.25, 0.3) is 0 Å². The van der Waals surface area contributed by atoms with E-state index in [9.17, 15) is 0 Å². The Morgan fingerprint density at radius 2 is 1.25 bits per heavy atom.